The summed E-state index contributed by atoms with van der Waals surface area (Å²) in [7, 11) is 1.89. The summed E-state index contributed by atoms with van der Waals surface area (Å²) in [5.41, 5.74) is 4.38. The summed E-state index contributed by atoms with van der Waals surface area (Å²) in [6.45, 7) is 8.17. The molecular formula is C24H30N4O2S. The quantitative estimate of drug-likeness (QED) is 0.470. The number of rotatable bonds is 9. The van der Waals surface area contributed by atoms with E-state index in [2.05, 4.69) is 41.5 Å². The van der Waals surface area contributed by atoms with Gasteiger partial charge in [0.25, 0.3) is 0 Å². The lowest BCUT2D eigenvalue weighted by atomic mass is 10.1. The number of amides is 1. The van der Waals surface area contributed by atoms with Crippen LogP contribution in [0.3, 0.4) is 0 Å². The first-order valence-corrected chi connectivity index (χ1v) is 11.6. The van der Waals surface area contributed by atoms with Crippen LogP contribution in [0, 0.1) is 6.92 Å². The molecular weight excluding hydrogens is 408 g/mol. The Morgan fingerprint density at radius 2 is 1.87 bits per heavy atom. The van der Waals surface area contributed by atoms with Gasteiger partial charge in [-0.15, -0.1) is 10.2 Å². The second-order valence-electron chi connectivity index (χ2n) is 7.46. The average Bonchev–Trinajstić information content (AvgIpc) is 3.14. The van der Waals surface area contributed by atoms with Crippen LogP contribution in [0.2, 0.25) is 0 Å². The van der Waals surface area contributed by atoms with E-state index in [1.165, 1.54) is 17.3 Å². The number of benzene rings is 2. The molecule has 6 nitrogen and oxygen atoms in total. The number of aryl methyl sites for hydroxylation is 3. The number of thioether (sulfide) groups is 1. The number of hydrogen-bond donors (Lipinski definition) is 1. The van der Waals surface area contributed by atoms with Crippen LogP contribution in [0.15, 0.2) is 47.6 Å². The zero-order chi connectivity index (χ0) is 22.4. The van der Waals surface area contributed by atoms with Gasteiger partial charge in [-0.3, -0.25) is 4.79 Å². The van der Waals surface area contributed by atoms with Crippen LogP contribution in [0.1, 0.15) is 49.4 Å². The molecule has 0 aliphatic heterocycles. The summed E-state index contributed by atoms with van der Waals surface area (Å²) < 4.78 is 7.91. The molecule has 1 aromatic heterocycles. The summed E-state index contributed by atoms with van der Waals surface area (Å²) in [4.78, 5) is 12.5. The first kappa shape index (κ1) is 22.9. The van der Waals surface area contributed by atoms with Crippen LogP contribution in [0.25, 0.3) is 0 Å². The normalized spacial score (nSPS) is 11.9. The smallest absolute Gasteiger partial charge is 0.234 e. The van der Waals surface area contributed by atoms with Crippen LogP contribution >= 0.6 is 11.8 Å². The fourth-order valence-electron chi connectivity index (χ4n) is 3.37. The minimum atomic E-state index is -0.257. The van der Waals surface area contributed by atoms with Crippen molar-refractivity contribution in [1.29, 1.82) is 0 Å². The Labute approximate surface area is 188 Å². The van der Waals surface area contributed by atoms with E-state index in [-0.39, 0.29) is 17.8 Å². The molecule has 3 aromatic rings. The standard InChI is InChI=1S/C24H30N4O2S/c1-6-18-11-13-20(14-12-18)30-17(4)23-26-27-24(28(23)5)31-15-21(29)25-22-16(3)9-8-10-19(22)7-2/h8-14,17H,6-7,15H2,1-5H3,(H,25,29)/t17-/m0/s1. The molecule has 164 valence electrons. The minimum Gasteiger partial charge on any atom is -0.483 e. The first-order chi connectivity index (χ1) is 14.9. The van der Waals surface area contributed by atoms with Crippen LogP contribution in [0.4, 0.5) is 5.69 Å². The molecule has 0 aliphatic rings. The Hall–Kier alpha value is -2.80. The summed E-state index contributed by atoms with van der Waals surface area (Å²) >= 11 is 1.36. The first-order valence-electron chi connectivity index (χ1n) is 10.6. The van der Waals surface area contributed by atoms with Gasteiger partial charge in [-0.05, 0) is 55.5 Å². The Kier molecular flexibility index (Phi) is 7.74. The van der Waals surface area contributed by atoms with Crippen molar-refractivity contribution in [2.75, 3.05) is 11.1 Å². The molecule has 0 aliphatic carbocycles. The van der Waals surface area contributed by atoms with E-state index in [0.29, 0.717) is 5.16 Å². The zero-order valence-corrected chi connectivity index (χ0v) is 19.6. The summed E-state index contributed by atoms with van der Waals surface area (Å²) in [5.74, 6) is 1.72. The highest BCUT2D eigenvalue weighted by molar-refractivity contribution is 7.99. The molecule has 0 saturated carbocycles. The highest BCUT2D eigenvalue weighted by Gasteiger charge is 2.18. The largest absolute Gasteiger partial charge is 0.483 e. The summed E-state index contributed by atoms with van der Waals surface area (Å²) in [6.07, 6.45) is 1.61. The number of hydrogen-bond acceptors (Lipinski definition) is 5. The van der Waals surface area contributed by atoms with Crippen LogP contribution in [0.5, 0.6) is 5.75 Å². The van der Waals surface area contributed by atoms with Crippen molar-refractivity contribution in [1.82, 2.24) is 14.8 Å². The Bertz CT molecular complexity index is 1030. The van der Waals surface area contributed by atoms with E-state index in [4.69, 9.17) is 4.74 Å². The third-order valence-electron chi connectivity index (χ3n) is 5.21. The molecule has 1 heterocycles. The van der Waals surface area contributed by atoms with Gasteiger partial charge in [-0.1, -0.05) is 55.9 Å². The predicted molar refractivity (Wildman–Crippen MR) is 126 cm³/mol. The lowest BCUT2D eigenvalue weighted by Crippen LogP contribution is -2.16. The van der Waals surface area contributed by atoms with E-state index in [1.54, 1.807) is 0 Å². The van der Waals surface area contributed by atoms with Gasteiger partial charge in [-0.2, -0.15) is 0 Å². The third-order valence-corrected chi connectivity index (χ3v) is 6.23. The highest BCUT2D eigenvalue weighted by atomic mass is 32.2. The number of carbonyl (C=O) groups excluding carboxylic acids is 1. The van der Waals surface area contributed by atoms with Crippen LogP contribution in [-0.2, 0) is 24.7 Å². The molecule has 0 bridgehead atoms. The minimum absolute atomic E-state index is 0.0566. The lowest BCUT2D eigenvalue weighted by Gasteiger charge is -2.15. The number of para-hydroxylation sites is 1. The van der Waals surface area contributed by atoms with Crippen LogP contribution in [-0.4, -0.2) is 26.4 Å². The van der Waals surface area contributed by atoms with Gasteiger partial charge in [-0.25, -0.2) is 0 Å². The molecule has 7 heteroatoms. The number of nitrogens with one attached hydrogen (secondary N) is 1. The maximum atomic E-state index is 12.5. The maximum Gasteiger partial charge on any atom is 0.234 e. The monoisotopic (exact) mass is 438 g/mol. The van der Waals surface area contributed by atoms with Gasteiger partial charge >= 0.3 is 0 Å². The van der Waals surface area contributed by atoms with Gasteiger partial charge in [0.1, 0.15) is 5.75 Å². The van der Waals surface area contributed by atoms with Gasteiger partial charge < -0.3 is 14.6 Å². The van der Waals surface area contributed by atoms with E-state index in [9.17, 15) is 4.79 Å². The molecule has 0 unspecified atom stereocenters. The van der Waals surface area contributed by atoms with Crippen molar-refractivity contribution in [2.45, 2.75) is 51.8 Å². The fourth-order valence-corrected chi connectivity index (χ4v) is 4.09. The van der Waals surface area contributed by atoms with E-state index >= 15 is 0 Å². The molecule has 0 spiro atoms. The molecule has 1 amide bonds. The number of nitrogens with zero attached hydrogens (tertiary/aromatic N) is 3. The van der Waals surface area contributed by atoms with Gasteiger partial charge in [0, 0.05) is 12.7 Å². The van der Waals surface area contributed by atoms with Crippen molar-refractivity contribution in [3.63, 3.8) is 0 Å². The molecule has 3 rings (SSSR count). The number of carbonyl (C=O) groups is 1. The van der Waals surface area contributed by atoms with Crippen molar-refractivity contribution >= 4 is 23.4 Å². The summed E-state index contributed by atoms with van der Waals surface area (Å²) in [6, 6.07) is 14.1. The van der Waals surface area contributed by atoms with Gasteiger partial charge in [0.05, 0.1) is 5.75 Å². The lowest BCUT2D eigenvalue weighted by molar-refractivity contribution is -0.113. The van der Waals surface area contributed by atoms with E-state index < -0.39 is 0 Å². The molecule has 1 N–H and O–H groups in total. The topological polar surface area (TPSA) is 69.0 Å². The number of anilines is 1. The number of ether oxygens (including phenoxy) is 1. The summed E-state index contributed by atoms with van der Waals surface area (Å²) in [5, 5.41) is 12.3. The van der Waals surface area contributed by atoms with E-state index in [1.807, 2.05) is 55.8 Å². The zero-order valence-electron chi connectivity index (χ0n) is 18.8. The highest BCUT2D eigenvalue weighted by Crippen LogP contribution is 2.25. The molecule has 1 atom stereocenters. The fraction of sp³-hybridized carbons (Fsp3) is 0.375. The molecule has 2 aromatic carbocycles. The Morgan fingerprint density at radius 1 is 1.13 bits per heavy atom. The maximum absolute atomic E-state index is 12.5. The van der Waals surface area contributed by atoms with Crippen molar-refractivity contribution in [2.24, 2.45) is 7.05 Å². The molecule has 0 fully saturated rings. The molecule has 0 saturated heterocycles. The van der Waals surface area contributed by atoms with Gasteiger partial charge in [0.2, 0.25) is 5.91 Å². The molecule has 0 radical (unpaired) electrons. The average molecular weight is 439 g/mol. The SMILES string of the molecule is CCc1ccc(O[C@@H](C)c2nnc(SCC(=O)Nc3c(C)cccc3CC)n2C)cc1. The second-order valence-corrected chi connectivity index (χ2v) is 8.40. The van der Waals surface area contributed by atoms with Crippen molar-refractivity contribution in [3.8, 4) is 5.75 Å². The van der Waals surface area contributed by atoms with Crippen molar-refractivity contribution in [3.05, 3.63) is 65.0 Å². The Morgan fingerprint density at radius 3 is 2.55 bits per heavy atom. The predicted octanol–water partition coefficient (Wildman–Crippen LogP) is 5.12. The van der Waals surface area contributed by atoms with Crippen molar-refractivity contribution < 1.29 is 9.53 Å². The molecule has 31 heavy (non-hydrogen) atoms. The van der Waals surface area contributed by atoms with Gasteiger partial charge in [0.15, 0.2) is 17.1 Å². The number of aromatic nitrogens is 3. The Balaban J connectivity index is 1.60. The van der Waals surface area contributed by atoms with E-state index in [0.717, 1.165) is 41.2 Å². The third kappa shape index (κ3) is 5.67. The second kappa shape index (κ2) is 10.5. The van der Waals surface area contributed by atoms with Crippen LogP contribution < -0.4 is 10.1 Å².